The molecule has 1 unspecified atom stereocenters. The maximum Gasteiger partial charge on any atom is 0.306 e. The van der Waals surface area contributed by atoms with Gasteiger partial charge in [0.1, 0.15) is 0 Å². The van der Waals surface area contributed by atoms with Gasteiger partial charge in [-0.2, -0.15) is 0 Å². The van der Waals surface area contributed by atoms with Crippen molar-refractivity contribution >= 4 is 33.6 Å². The van der Waals surface area contributed by atoms with Crippen molar-refractivity contribution in [1.29, 1.82) is 0 Å². The number of nitro benzene ring substituents is 1. The van der Waals surface area contributed by atoms with E-state index >= 15 is 0 Å². The third kappa shape index (κ3) is 6.60. The van der Waals surface area contributed by atoms with E-state index in [1.54, 1.807) is 60.7 Å². The Hall–Kier alpha value is -3.78. The molecule has 0 aromatic heterocycles. The molecule has 3 aromatic rings. The molecule has 170 valence electrons. The fourth-order valence-corrected chi connectivity index (χ4v) is 4.95. The van der Waals surface area contributed by atoms with E-state index in [1.807, 2.05) is 6.07 Å². The van der Waals surface area contributed by atoms with Crippen LogP contribution < -0.4 is 0 Å². The van der Waals surface area contributed by atoms with E-state index in [4.69, 9.17) is 4.74 Å². The molecule has 0 amide bonds. The molecule has 33 heavy (non-hydrogen) atoms. The first-order valence-electron chi connectivity index (χ1n) is 10.2. The average molecular weight is 466 g/mol. The van der Waals surface area contributed by atoms with Gasteiger partial charge in [-0.05, 0) is 28.8 Å². The summed E-state index contributed by atoms with van der Waals surface area (Å²) in [5.74, 6) is -1.23. The van der Waals surface area contributed by atoms with E-state index in [-0.39, 0.29) is 22.8 Å². The number of nitro groups is 1. The summed E-state index contributed by atoms with van der Waals surface area (Å²) < 4.78 is 30.8. The van der Waals surface area contributed by atoms with Crippen molar-refractivity contribution in [3.05, 3.63) is 106 Å². The van der Waals surface area contributed by atoms with Crippen molar-refractivity contribution < 1.29 is 22.9 Å². The molecule has 0 bridgehead atoms. The lowest BCUT2D eigenvalue weighted by Crippen LogP contribution is -2.19. The molecular weight excluding hydrogens is 442 g/mol. The molecule has 3 rings (SSSR count). The second-order valence-corrected chi connectivity index (χ2v) is 9.46. The van der Waals surface area contributed by atoms with Gasteiger partial charge >= 0.3 is 5.97 Å². The Morgan fingerprint density at radius 3 is 2.27 bits per heavy atom. The van der Waals surface area contributed by atoms with Crippen LogP contribution in [0.4, 0.5) is 5.69 Å². The molecular formula is C25H23NO6S. The predicted octanol–water partition coefficient (Wildman–Crippen LogP) is 4.89. The van der Waals surface area contributed by atoms with Gasteiger partial charge in [0.05, 0.1) is 29.1 Å². The molecule has 0 radical (unpaired) electrons. The first kappa shape index (κ1) is 23.9. The van der Waals surface area contributed by atoms with Crippen molar-refractivity contribution in [2.75, 3.05) is 12.9 Å². The second-order valence-electron chi connectivity index (χ2n) is 7.42. The molecule has 0 heterocycles. The fraction of sp³-hybridized carbons (Fsp3) is 0.160. The van der Waals surface area contributed by atoms with Gasteiger partial charge in [-0.15, -0.1) is 0 Å². The molecule has 8 heteroatoms. The van der Waals surface area contributed by atoms with Crippen molar-refractivity contribution in [3.8, 4) is 0 Å². The summed E-state index contributed by atoms with van der Waals surface area (Å²) in [5.41, 5.74) is 2.16. The molecule has 0 aliphatic rings. The minimum Gasteiger partial charge on any atom is -0.469 e. The Balaban J connectivity index is 1.77. The van der Waals surface area contributed by atoms with Crippen LogP contribution in [-0.4, -0.2) is 32.2 Å². The zero-order valence-electron chi connectivity index (χ0n) is 18.0. The lowest BCUT2D eigenvalue weighted by atomic mass is 9.98. The molecule has 0 N–H and O–H groups in total. The largest absolute Gasteiger partial charge is 0.469 e. The number of carbonyl (C=O) groups excluding carboxylic acids is 1. The quantitative estimate of drug-likeness (QED) is 0.193. The summed E-state index contributed by atoms with van der Waals surface area (Å²) in [6, 6.07) is 21.6. The summed E-state index contributed by atoms with van der Waals surface area (Å²) >= 11 is 0. The molecule has 3 aromatic carbocycles. The van der Waals surface area contributed by atoms with Crippen LogP contribution in [-0.2, 0) is 19.4 Å². The number of methoxy groups -OCH3 is 1. The van der Waals surface area contributed by atoms with Gasteiger partial charge in [-0.3, -0.25) is 14.9 Å². The molecule has 7 nitrogen and oxygen atoms in total. The summed E-state index contributed by atoms with van der Waals surface area (Å²) in [4.78, 5) is 22.4. The topological polar surface area (TPSA) is 104 Å². The first-order valence-corrected chi connectivity index (χ1v) is 11.8. The SMILES string of the molecule is COC(=O)CC(CS(=O)(=O)c1ccc(C=Cc2cccc([N+](=O)[O-])c2)cc1)c1ccccc1. The first-order chi connectivity index (χ1) is 15.8. The second kappa shape index (κ2) is 10.7. The third-order valence-corrected chi connectivity index (χ3v) is 6.95. The van der Waals surface area contributed by atoms with E-state index in [2.05, 4.69) is 0 Å². The minimum atomic E-state index is -3.67. The zero-order chi connectivity index (χ0) is 23.8. The van der Waals surface area contributed by atoms with E-state index in [0.717, 1.165) is 11.1 Å². The van der Waals surface area contributed by atoms with Gasteiger partial charge in [-0.25, -0.2) is 8.42 Å². The number of ether oxygens (including phenoxy) is 1. The minimum absolute atomic E-state index is 0.00137. The number of carbonyl (C=O) groups is 1. The summed E-state index contributed by atoms with van der Waals surface area (Å²) in [5, 5.41) is 10.9. The third-order valence-electron chi connectivity index (χ3n) is 5.12. The predicted molar refractivity (Wildman–Crippen MR) is 126 cm³/mol. The molecule has 0 saturated carbocycles. The van der Waals surface area contributed by atoms with Gasteiger partial charge in [-0.1, -0.05) is 66.7 Å². The van der Waals surface area contributed by atoms with Crippen LogP contribution in [0.1, 0.15) is 29.0 Å². The Morgan fingerprint density at radius 2 is 1.64 bits per heavy atom. The Morgan fingerprint density at radius 1 is 0.970 bits per heavy atom. The summed E-state index contributed by atoms with van der Waals surface area (Å²) in [7, 11) is -2.39. The maximum atomic E-state index is 13.0. The number of hydrogen-bond acceptors (Lipinski definition) is 6. The van der Waals surface area contributed by atoms with Crippen LogP contribution in [0.3, 0.4) is 0 Å². The maximum absolute atomic E-state index is 13.0. The Labute approximate surface area is 192 Å². The van der Waals surface area contributed by atoms with Gasteiger partial charge in [0.15, 0.2) is 9.84 Å². The van der Waals surface area contributed by atoms with Gasteiger partial charge in [0, 0.05) is 18.1 Å². The van der Waals surface area contributed by atoms with Crippen molar-refractivity contribution in [2.45, 2.75) is 17.2 Å². The Bertz CT molecular complexity index is 1250. The summed E-state index contributed by atoms with van der Waals surface area (Å²) in [6.07, 6.45) is 3.43. The highest BCUT2D eigenvalue weighted by atomic mass is 32.2. The molecule has 0 aliphatic carbocycles. The number of esters is 1. The zero-order valence-corrected chi connectivity index (χ0v) is 18.8. The monoisotopic (exact) mass is 465 g/mol. The van der Waals surface area contributed by atoms with Crippen LogP contribution in [0.2, 0.25) is 0 Å². The molecule has 1 atom stereocenters. The van der Waals surface area contributed by atoms with Crippen molar-refractivity contribution in [2.24, 2.45) is 0 Å². The molecule has 0 saturated heterocycles. The van der Waals surface area contributed by atoms with Crippen LogP contribution in [0.25, 0.3) is 12.2 Å². The van der Waals surface area contributed by atoms with Crippen molar-refractivity contribution in [3.63, 3.8) is 0 Å². The highest BCUT2D eigenvalue weighted by molar-refractivity contribution is 7.91. The number of nitrogens with zero attached hydrogens (tertiary/aromatic N) is 1. The van der Waals surface area contributed by atoms with E-state index in [1.165, 1.54) is 31.4 Å². The number of benzene rings is 3. The van der Waals surface area contributed by atoms with E-state index in [0.29, 0.717) is 5.56 Å². The van der Waals surface area contributed by atoms with Gasteiger partial charge in [0.25, 0.3) is 5.69 Å². The number of hydrogen-bond donors (Lipinski definition) is 0. The van der Waals surface area contributed by atoms with Gasteiger partial charge in [0.2, 0.25) is 0 Å². The highest BCUT2D eigenvalue weighted by Gasteiger charge is 2.25. The fourth-order valence-electron chi connectivity index (χ4n) is 3.36. The number of non-ortho nitro benzene ring substituents is 1. The molecule has 0 spiro atoms. The standard InChI is InChI=1S/C25H23NO6S/c1-32-25(27)17-22(21-7-3-2-4-8-21)18-33(30,31)24-14-12-19(13-15-24)10-11-20-6-5-9-23(16-20)26(28)29/h2-16,22H,17-18H2,1H3. The lowest BCUT2D eigenvalue weighted by molar-refractivity contribution is -0.384. The lowest BCUT2D eigenvalue weighted by Gasteiger charge is -2.16. The van der Waals surface area contributed by atoms with Crippen LogP contribution >= 0.6 is 0 Å². The average Bonchev–Trinajstić information content (AvgIpc) is 2.83. The van der Waals surface area contributed by atoms with Crippen LogP contribution in [0, 0.1) is 10.1 Å². The van der Waals surface area contributed by atoms with Gasteiger partial charge < -0.3 is 4.74 Å². The van der Waals surface area contributed by atoms with E-state index < -0.39 is 26.6 Å². The summed E-state index contributed by atoms with van der Waals surface area (Å²) in [6.45, 7) is 0. The van der Waals surface area contributed by atoms with Crippen LogP contribution in [0.5, 0.6) is 0 Å². The molecule has 0 aliphatic heterocycles. The van der Waals surface area contributed by atoms with Crippen LogP contribution in [0.15, 0.2) is 83.8 Å². The molecule has 0 fully saturated rings. The number of rotatable bonds is 9. The number of sulfone groups is 1. The van der Waals surface area contributed by atoms with E-state index in [9.17, 15) is 23.3 Å². The van der Waals surface area contributed by atoms with Crippen molar-refractivity contribution in [1.82, 2.24) is 0 Å². The normalized spacial score (nSPS) is 12.4. The Kier molecular flexibility index (Phi) is 7.74. The smallest absolute Gasteiger partial charge is 0.306 e. The highest BCUT2D eigenvalue weighted by Crippen LogP contribution is 2.26.